The van der Waals surface area contributed by atoms with Gasteiger partial charge in [-0.3, -0.25) is 4.57 Å². The highest BCUT2D eigenvalue weighted by Crippen LogP contribution is 2.24. The van der Waals surface area contributed by atoms with Gasteiger partial charge >= 0.3 is 0 Å². The third-order valence-corrected chi connectivity index (χ3v) is 3.72. The molecule has 3 rings (SSSR count). The second-order valence-electron chi connectivity index (χ2n) is 3.91. The van der Waals surface area contributed by atoms with Crippen molar-refractivity contribution in [2.24, 2.45) is 0 Å². The summed E-state index contributed by atoms with van der Waals surface area (Å²) < 4.78 is 3.67. The molecule has 5 heteroatoms. The Morgan fingerprint density at radius 1 is 1.17 bits per heavy atom. The van der Waals surface area contributed by atoms with E-state index in [0.717, 1.165) is 21.2 Å². The van der Waals surface area contributed by atoms with Crippen LogP contribution < -0.4 is 0 Å². The van der Waals surface area contributed by atoms with Crippen LogP contribution in [0.1, 0.15) is 0 Å². The minimum absolute atomic E-state index is 0.658. The van der Waals surface area contributed by atoms with Crippen molar-refractivity contribution in [3.8, 4) is 5.69 Å². The van der Waals surface area contributed by atoms with Crippen molar-refractivity contribution < 1.29 is 0 Å². The molecule has 3 aromatic rings. The second-order valence-corrected chi connectivity index (χ2v) is 5.65. The van der Waals surface area contributed by atoms with Crippen molar-refractivity contribution in [3.63, 3.8) is 0 Å². The summed E-state index contributed by atoms with van der Waals surface area (Å²) in [5.41, 5.74) is 2.97. The molecule has 2 nitrogen and oxygen atoms in total. The molecule has 0 aliphatic carbocycles. The summed E-state index contributed by atoms with van der Waals surface area (Å²) in [7, 11) is 0. The van der Waals surface area contributed by atoms with Crippen LogP contribution in [0.15, 0.2) is 46.9 Å². The molecule has 0 amide bonds. The Labute approximate surface area is 122 Å². The number of benzene rings is 2. The first-order valence-electron chi connectivity index (χ1n) is 5.31. The smallest absolute Gasteiger partial charge is 0.182 e. The van der Waals surface area contributed by atoms with Gasteiger partial charge in [0.15, 0.2) is 4.77 Å². The van der Waals surface area contributed by atoms with E-state index in [0.29, 0.717) is 9.79 Å². The van der Waals surface area contributed by atoms with Crippen molar-refractivity contribution in [1.82, 2.24) is 9.55 Å². The summed E-state index contributed by atoms with van der Waals surface area (Å²) in [6.07, 6.45) is 0. The number of imidazole rings is 1. The van der Waals surface area contributed by atoms with Crippen LogP contribution in [-0.4, -0.2) is 9.55 Å². The number of nitrogens with zero attached hydrogens (tertiary/aromatic N) is 1. The van der Waals surface area contributed by atoms with Crippen LogP contribution in [0.4, 0.5) is 0 Å². The molecule has 1 aromatic heterocycles. The lowest BCUT2D eigenvalue weighted by Gasteiger charge is -2.04. The molecule has 2 aromatic carbocycles. The Morgan fingerprint density at radius 3 is 2.78 bits per heavy atom. The van der Waals surface area contributed by atoms with Crippen molar-refractivity contribution in [3.05, 3.63) is 56.7 Å². The lowest BCUT2D eigenvalue weighted by atomic mass is 10.3. The molecule has 0 saturated carbocycles. The number of H-pyrrole nitrogens is 1. The number of aromatic amines is 1. The summed E-state index contributed by atoms with van der Waals surface area (Å²) in [5.74, 6) is 0. The average Bonchev–Trinajstić information content (AvgIpc) is 2.64. The van der Waals surface area contributed by atoms with Gasteiger partial charge in [-0.2, -0.15) is 0 Å². The molecule has 0 bridgehead atoms. The highest BCUT2D eigenvalue weighted by molar-refractivity contribution is 9.10. The molecule has 0 spiro atoms. The zero-order valence-electron chi connectivity index (χ0n) is 9.15. The minimum Gasteiger partial charge on any atom is -0.330 e. The first-order chi connectivity index (χ1) is 8.65. The van der Waals surface area contributed by atoms with Crippen LogP contribution in [0.3, 0.4) is 0 Å². The first kappa shape index (κ1) is 12.0. The van der Waals surface area contributed by atoms with Crippen molar-refractivity contribution in [2.45, 2.75) is 0 Å². The lowest BCUT2D eigenvalue weighted by Crippen LogP contribution is -1.93. The van der Waals surface area contributed by atoms with Crippen LogP contribution in [0.2, 0.25) is 5.02 Å². The normalized spacial score (nSPS) is 11.0. The third kappa shape index (κ3) is 2.00. The molecule has 1 heterocycles. The van der Waals surface area contributed by atoms with E-state index in [1.54, 1.807) is 0 Å². The van der Waals surface area contributed by atoms with E-state index in [9.17, 15) is 0 Å². The molecule has 1 N–H and O–H groups in total. The maximum Gasteiger partial charge on any atom is 0.182 e. The fraction of sp³-hybridized carbons (Fsp3) is 0. The van der Waals surface area contributed by atoms with E-state index < -0.39 is 0 Å². The first-order valence-corrected chi connectivity index (χ1v) is 6.89. The number of rotatable bonds is 1. The Balaban J connectivity index is 2.35. The summed E-state index contributed by atoms with van der Waals surface area (Å²) in [5, 5.41) is 0.695. The van der Waals surface area contributed by atoms with Gasteiger partial charge in [-0.1, -0.05) is 33.6 Å². The van der Waals surface area contributed by atoms with E-state index in [-0.39, 0.29) is 0 Å². The molecule has 0 saturated heterocycles. The van der Waals surface area contributed by atoms with Gasteiger partial charge in [-0.25, -0.2) is 0 Å². The maximum absolute atomic E-state index is 5.98. The predicted molar refractivity (Wildman–Crippen MR) is 81.2 cm³/mol. The number of nitrogens with one attached hydrogen (secondary N) is 1. The number of fused-ring (bicyclic) bond motifs is 1. The number of halogens is 2. The van der Waals surface area contributed by atoms with E-state index in [2.05, 4.69) is 20.9 Å². The Morgan fingerprint density at radius 2 is 2.00 bits per heavy atom. The van der Waals surface area contributed by atoms with Gasteiger partial charge in [0.1, 0.15) is 0 Å². The number of hydrogen-bond acceptors (Lipinski definition) is 1. The quantitative estimate of drug-likeness (QED) is 0.611. The van der Waals surface area contributed by atoms with E-state index in [1.807, 2.05) is 47.0 Å². The van der Waals surface area contributed by atoms with Gasteiger partial charge < -0.3 is 4.98 Å². The van der Waals surface area contributed by atoms with Crippen LogP contribution in [0, 0.1) is 4.77 Å². The fourth-order valence-electron chi connectivity index (χ4n) is 1.96. The van der Waals surface area contributed by atoms with Crippen molar-refractivity contribution in [2.75, 3.05) is 0 Å². The average molecular weight is 340 g/mol. The molecule has 0 aliphatic heterocycles. The van der Waals surface area contributed by atoms with Gasteiger partial charge in [0, 0.05) is 15.2 Å². The maximum atomic E-state index is 5.98. The topological polar surface area (TPSA) is 20.7 Å². The molecule has 0 unspecified atom stereocenters. The largest absolute Gasteiger partial charge is 0.330 e. The molecule has 0 fully saturated rings. The molecule has 0 atom stereocenters. The van der Waals surface area contributed by atoms with Gasteiger partial charge in [0.05, 0.1) is 11.0 Å². The van der Waals surface area contributed by atoms with E-state index >= 15 is 0 Å². The summed E-state index contributed by atoms with van der Waals surface area (Å²) >= 11 is 14.8. The third-order valence-electron chi connectivity index (χ3n) is 2.71. The summed E-state index contributed by atoms with van der Waals surface area (Å²) in [6, 6.07) is 13.7. The minimum atomic E-state index is 0.658. The molecule has 18 heavy (non-hydrogen) atoms. The fourth-order valence-corrected chi connectivity index (χ4v) is 2.83. The van der Waals surface area contributed by atoms with Gasteiger partial charge in [-0.05, 0) is 48.6 Å². The van der Waals surface area contributed by atoms with E-state index in [4.69, 9.17) is 23.8 Å². The number of hydrogen-bond donors (Lipinski definition) is 1. The molecule has 0 aliphatic rings. The van der Waals surface area contributed by atoms with Crippen molar-refractivity contribution in [1.29, 1.82) is 0 Å². The highest BCUT2D eigenvalue weighted by Gasteiger charge is 2.07. The molecule has 90 valence electrons. The Kier molecular flexibility index (Phi) is 3.01. The van der Waals surface area contributed by atoms with Crippen LogP contribution in [0.5, 0.6) is 0 Å². The second kappa shape index (κ2) is 4.53. The zero-order chi connectivity index (χ0) is 12.7. The van der Waals surface area contributed by atoms with Gasteiger partial charge in [0.25, 0.3) is 0 Å². The lowest BCUT2D eigenvalue weighted by molar-refractivity contribution is 1.06. The van der Waals surface area contributed by atoms with Gasteiger partial charge in [0.2, 0.25) is 0 Å². The zero-order valence-corrected chi connectivity index (χ0v) is 12.3. The van der Waals surface area contributed by atoms with Crippen LogP contribution in [-0.2, 0) is 0 Å². The SMILES string of the molecule is S=c1[nH]c2cc(Cl)ccc2n1-c1cccc(Br)c1. The van der Waals surface area contributed by atoms with Crippen molar-refractivity contribution >= 4 is 50.8 Å². The Bertz CT molecular complexity index is 791. The number of aromatic nitrogens is 2. The van der Waals surface area contributed by atoms with Gasteiger partial charge in [-0.15, -0.1) is 0 Å². The standard InChI is InChI=1S/C13H8BrClN2S/c14-8-2-1-3-10(6-8)17-12-5-4-9(15)7-11(12)16-13(17)18/h1-7H,(H,16,18). The predicted octanol–water partition coefficient (Wildman–Crippen LogP) is 5.10. The molecular weight excluding hydrogens is 332 g/mol. The molecule has 0 radical (unpaired) electrons. The highest BCUT2D eigenvalue weighted by atomic mass is 79.9. The Hall–Kier alpha value is -1.10. The molecular formula is C13H8BrClN2S. The van der Waals surface area contributed by atoms with Crippen LogP contribution in [0.25, 0.3) is 16.7 Å². The monoisotopic (exact) mass is 338 g/mol. The summed E-state index contributed by atoms with van der Waals surface area (Å²) in [4.78, 5) is 3.16. The van der Waals surface area contributed by atoms with Crippen LogP contribution >= 0.6 is 39.7 Å². The summed E-state index contributed by atoms with van der Waals surface area (Å²) in [6.45, 7) is 0. The van der Waals surface area contributed by atoms with E-state index in [1.165, 1.54) is 0 Å².